The van der Waals surface area contributed by atoms with E-state index in [0.29, 0.717) is 24.5 Å². The van der Waals surface area contributed by atoms with Crippen LogP contribution in [0.4, 0.5) is 4.79 Å². The standard InChI is InChI=1S/C27H31N5O3S/c1-18(19-10-6-5-7-11-19)28-25(33)22-17-36-24(31-22)14-15-32(26(34)35-27(2,3)4)16-23-29-20-12-8-9-13-21(20)30-23/h5-13,17-18H,14-16H2,1-4H3,(H,28,33)(H,29,30). The number of thiazole rings is 1. The van der Waals surface area contributed by atoms with Crippen molar-refractivity contribution in [3.63, 3.8) is 0 Å². The van der Waals surface area contributed by atoms with E-state index < -0.39 is 11.7 Å². The molecule has 1 unspecified atom stereocenters. The Morgan fingerprint density at radius 3 is 2.53 bits per heavy atom. The van der Waals surface area contributed by atoms with Gasteiger partial charge in [0.2, 0.25) is 0 Å². The topological polar surface area (TPSA) is 100 Å². The van der Waals surface area contributed by atoms with Crippen molar-refractivity contribution in [1.29, 1.82) is 0 Å². The molecule has 2 amide bonds. The molecule has 0 saturated heterocycles. The molecule has 4 aromatic rings. The second-order valence-electron chi connectivity index (χ2n) is 9.58. The van der Waals surface area contributed by atoms with Gasteiger partial charge in [0.25, 0.3) is 5.91 Å². The smallest absolute Gasteiger partial charge is 0.410 e. The van der Waals surface area contributed by atoms with Crippen LogP contribution in [0.5, 0.6) is 0 Å². The number of para-hydroxylation sites is 2. The van der Waals surface area contributed by atoms with Crippen LogP contribution in [0.3, 0.4) is 0 Å². The van der Waals surface area contributed by atoms with Crippen molar-refractivity contribution in [1.82, 2.24) is 25.2 Å². The van der Waals surface area contributed by atoms with Crippen LogP contribution >= 0.6 is 11.3 Å². The number of hydrogen-bond acceptors (Lipinski definition) is 6. The van der Waals surface area contributed by atoms with Crippen LogP contribution in [-0.2, 0) is 17.7 Å². The molecule has 0 aliphatic rings. The summed E-state index contributed by atoms with van der Waals surface area (Å²) in [4.78, 5) is 39.6. The summed E-state index contributed by atoms with van der Waals surface area (Å²) in [5.74, 6) is 0.455. The number of benzene rings is 2. The molecule has 0 fully saturated rings. The molecule has 0 bridgehead atoms. The second-order valence-corrected chi connectivity index (χ2v) is 10.5. The summed E-state index contributed by atoms with van der Waals surface area (Å²) in [6.07, 6.45) is 0.0697. The van der Waals surface area contributed by atoms with E-state index in [1.807, 2.05) is 82.3 Å². The molecule has 0 aliphatic heterocycles. The first-order valence-corrected chi connectivity index (χ1v) is 12.8. The van der Waals surface area contributed by atoms with Gasteiger partial charge in [0.05, 0.1) is 28.6 Å². The largest absolute Gasteiger partial charge is 0.444 e. The van der Waals surface area contributed by atoms with Crippen LogP contribution in [0.2, 0.25) is 0 Å². The highest BCUT2D eigenvalue weighted by Crippen LogP contribution is 2.18. The molecule has 2 heterocycles. The number of rotatable bonds is 8. The van der Waals surface area contributed by atoms with E-state index in [4.69, 9.17) is 4.74 Å². The Kier molecular flexibility index (Phi) is 7.69. The normalized spacial score (nSPS) is 12.3. The number of aromatic nitrogens is 3. The first-order chi connectivity index (χ1) is 17.2. The molecule has 188 valence electrons. The zero-order chi connectivity index (χ0) is 25.7. The van der Waals surface area contributed by atoms with Crippen LogP contribution < -0.4 is 5.32 Å². The van der Waals surface area contributed by atoms with Gasteiger partial charge in [-0.25, -0.2) is 14.8 Å². The Balaban J connectivity index is 1.41. The molecule has 1 atom stereocenters. The Labute approximate surface area is 214 Å². The van der Waals surface area contributed by atoms with Crippen molar-refractivity contribution < 1.29 is 14.3 Å². The van der Waals surface area contributed by atoms with Gasteiger partial charge in [-0.3, -0.25) is 4.79 Å². The fourth-order valence-corrected chi connectivity index (χ4v) is 4.45. The van der Waals surface area contributed by atoms with Gasteiger partial charge < -0.3 is 19.9 Å². The lowest BCUT2D eigenvalue weighted by Gasteiger charge is -2.26. The fraction of sp³-hybridized carbons (Fsp3) is 0.333. The number of nitrogens with one attached hydrogen (secondary N) is 2. The van der Waals surface area contributed by atoms with E-state index in [0.717, 1.165) is 21.6 Å². The summed E-state index contributed by atoms with van der Waals surface area (Å²) in [6, 6.07) is 17.4. The second kappa shape index (κ2) is 10.9. The van der Waals surface area contributed by atoms with Gasteiger partial charge in [-0.1, -0.05) is 42.5 Å². The van der Waals surface area contributed by atoms with Crippen molar-refractivity contribution in [3.05, 3.63) is 82.1 Å². The first-order valence-electron chi connectivity index (χ1n) is 11.9. The Hall–Kier alpha value is -3.72. The van der Waals surface area contributed by atoms with Crippen molar-refractivity contribution in [2.24, 2.45) is 0 Å². The van der Waals surface area contributed by atoms with E-state index in [9.17, 15) is 9.59 Å². The molecule has 9 heteroatoms. The first kappa shape index (κ1) is 25.4. The van der Waals surface area contributed by atoms with Gasteiger partial charge in [0.1, 0.15) is 17.1 Å². The zero-order valence-electron chi connectivity index (χ0n) is 20.9. The number of carbonyl (C=O) groups excluding carboxylic acids is 2. The third-order valence-corrected chi connectivity index (χ3v) is 6.37. The minimum atomic E-state index is -0.620. The molecule has 0 spiro atoms. The third kappa shape index (κ3) is 6.69. The number of fused-ring (bicyclic) bond motifs is 1. The maximum Gasteiger partial charge on any atom is 0.410 e. The highest BCUT2D eigenvalue weighted by molar-refractivity contribution is 7.09. The van der Waals surface area contributed by atoms with E-state index >= 15 is 0 Å². The minimum absolute atomic E-state index is 0.129. The number of ether oxygens (including phenoxy) is 1. The SMILES string of the molecule is CC(NC(=O)c1csc(CCN(Cc2nc3ccccc3[nH]2)C(=O)OC(C)(C)C)n1)c1ccccc1. The molecule has 4 rings (SSSR count). The third-order valence-electron chi connectivity index (χ3n) is 5.46. The Bertz CT molecular complexity index is 1290. The van der Waals surface area contributed by atoms with Crippen molar-refractivity contribution >= 4 is 34.4 Å². The zero-order valence-corrected chi connectivity index (χ0v) is 21.8. The molecule has 2 aromatic heterocycles. The number of hydrogen-bond donors (Lipinski definition) is 2. The summed E-state index contributed by atoms with van der Waals surface area (Å²) in [6.45, 7) is 8.11. The molecule has 0 aliphatic carbocycles. The maximum absolute atomic E-state index is 13.0. The van der Waals surface area contributed by atoms with Crippen molar-refractivity contribution in [2.75, 3.05) is 6.54 Å². The molecule has 0 radical (unpaired) electrons. The van der Waals surface area contributed by atoms with E-state index in [1.54, 1.807) is 10.3 Å². The van der Waals surface area contributed by atoms with Crippen LogP contribution in [-0.4, -0.2) is 44.0 Å². The van der Waals surface area contributed by atoms with E-state index in [1.165, 1.54) is 11.3 Å². The molecule has 2 N–H and O–H groups in total. The summed E-state index contributed by atoms with van der Waals surface area (Å²) in [5, 5.41) is 5.51. The highest BCUT2D eigenvalue weighted by Gasteiger charge is 2.24. The fourth-order valence-electron chi connectivity index (χ4n) is 3.68. The molecular weight excluding hydrogens is 474 g/mol. The number of carbonyl (C=O) groups is 2. The lowest BCUT2D eigenvalue weighted by molar-refractivity contribution is 0.0231. The number of aromatic amines is 1. The van der Waals surface area contributed by atoms with Gasteiger partial charge >= 0.3 is 6.09 Å². The number of nitrogens with zero attached hydrogens (tertiary/aromatic N) is 3. The van der Waals surface area contributed by atoms with Crippen LogP contribution in [0.25, 0.3) is 11.0 Å². The van der Waals surface area contributed by atoms with Crippen molar-refractivity contribution in [3.8, 4) is 0 Å². The summed E-state index contributed by atoms with van der Waals surface area (Å²) < 4.78 is 5.63. The molecule has 36 heavy (non-hydrogen) atoms. The van der Waals surface area contributed by atoms with Gasteiger partial charge in [-0.15, -0.1) is 11.3 Å². The summed E-state index contributed by atoms with van der Waals surface area (Å²) in [5.41, 5.74) is 2.54. The predicted molar refractivity (Wildman–Crippen MR) is 141 cm³/mol. The number of amides is 2. The Morgan fingerprint density at radius 2 is 1.81 bits per heavy atom. The molecule has 2 aromatic carbocycles. The van der Waals surface area contributed by atoms with Gasteiger partial charge in [0, 0.05) is 18.3 Å². The van der Waals surface area contributed by atoms with Crippen LogP contribution in [0, 0.1) is 0 Å². The quantitative estimate of drug-likeness (QED) is 0.330. The summed E-state index contributed by atoms with van der Waals surface area (Å²) >= 11 is 1.40. The lowest BCUT2D eigenvalue weighted by atomic mass is 10.1. The summed E-state index contributed by atoms with van der Waals surface area (Å²) in [7, 11) is 0. The number of imidazole rings is 1. The monoisotopic (exact) mass is 505 g/mol. The lowest BCUT2D eigenvalue weighted by Crippen LogP contribution is -2.38. The van der Waals surface area contributed by atoms with E-state index in [-0.39, 0.29) is 18.5 Å². The van der Waals surface area contributed by atoms with Crippen LogP contribution in [0.1, 0.15) is 60.6 Å². The maximum atomic E-state index is 13.0. The minimum Gasteiger partial charge on any atom is -0.444 e. The van der Waals surface area contributed by atoms with Crippen LogP contribution in [0.15, 0.2) is 60.0 Å². The van der Waals surface area contributed by atoms with Crippen molar-refractivity contribution in [2.45, 2.75) is 52.3 Å². The van der Waals surface area contributed by atoms with Gasteiger partial charge in [-0.05, 0) is 45.4 Å². The molecule has 8 nitrogen and oxygen atoms in total. The van der Waals surface area contributed by atoms with Gasteiger partial charge in [0.15, 0.2) is 0 Å². The highest BCUT2D eigenvalue weighted by atomic mass is 32.1. The molecular formula is C27H31N5O3S. The average Bonchev–Trinajstić information content (AvgIpc) is 3.48. The van der Waals surface area contributed by atoms with Gasteiger partial charge in [-0.2, -0.15) is 0 Å². The van der Waals surface area contributed by atoms with E-state index in [2.05, 4.69) is 20.3 Å². The molecule has 0 saturated carbocycles. The average molecular weight is 506 g/mol. The predicted octanol–water partition coefficient (Wildman–Crippen LogP) is 5.49. The number of H-pyrrole nitrogens is 1. The Morgan fingerprint density at radius 1 is 1.08 bits per heavy atom.